The van der Waals surface area contributed by atoms with Crippen LogP contribution in [0.15, 0.2) is 28.8 Å². The van der Waals surface area contributed by atoms with Gasteiger partial charge in [0.1, 0.15) is 0 Å². The SMILES string of the molecule is COCC(Nc1ccccc1-c1nc(C)no1)C(C)C. The molecule has 0 bridgehead atoms. The van der Waals surface area contributed by atoms with Crippen molar-refractivity contribution in [3.05, 3.63) is 30.1 Å². The van der Waals surface area contributed by atoms with Crippen LogP contribution in [0.2, 0.25) is 0 Å². The highest BCUT2D eigenvalue weighted by molar-refractivity contribution is 5.72. The Kier molecular flexibility index (Phi) is 4.74. The molecule has 0 amide bonds. The molecule has 0 spiro atoms. The van der Waals surface area contributed by atoms with Crippen molar-refractivity contribution in [1.82, 2.24) is 10.1 Å². The molecule has 2 aromatic rings. The van der Waals surface area contributed by atoms with E-state index in [2.05, 4.69) is 29.3 Å². The minimum absolute atomic E-state index is 0.227. The highest BCUT2D eigenvalue weighted by Gasteiger charge is 2.17. The number of para-hydroxylation sites is 1. The molecule has 1 unspecified atom stereocenters. The molecule has 108 valence electrons. The van der Waals surface area contributed by atoms with E-state index in [1.807, 2.05) is 31.2 Å². The van der Waals surface area contributed by atoms with Crippen molar-refractivity contribution in [2.75, 3.05) is 19.0 Å². The summed E-state index contributed by atoms with van der Waals surface area (Å²) >= 11 is 0. The number of hydrogen-bond acceptors (Lipinski definition) is 5. The van der Waals surface area contributed by atoms with Crippen LogP contribution in [0.4, 0.5) is 5.69 Å². The second-order valence-corrected chi connectivity index (χ2v) is 5.14. The number of benzene rings is 1. The van der Waals surface area contributed by atoms with Gasteiger partial charge in [-0.05, 0) is 25.0 Å². The number of anilines is 1. The summed E-state index contributed by atoms with van der Waals surface area (Å²) in [6, 6.07) is 8.16. The molecule has 0 aliphatic heterocycles. The van der Waals surface area contributed by atoms with Crippen molar-refractivity contribution in [1.29, 1.82) is 0 Å². The molecular weight excluding hydrogens is 254 g/mol. The Bertz CT molecular complexity index is 552. The van der Waals surface area contributed by atoms with Crippen LogP contribution in [0.3, 0.4) is 0 Å². The van der Waals surface area contributed by atoms with Crippen molar-refractivity contribution in [3.8, 4) is 11.5 Å². The van der Waals surface area contributed by atoms with Gasteiger partial charge in [0.15, 0.2) is 5.82 Å². The van der Waals surface area contributed by atoms with E-state index >= 15 is 0 Å². The number of methoxy groups -OCH3 is 1. The summed E-state index contributed by atoms with van der Waals surface area (Å²) in [5, 5.41) is 7.35. The fourth-order valence-corrected chi connectivity index (χ4v) is 1.98. The number of nitrogens with one attached hydrogen (secondary N) is 1. The van der Waals surface area contributed by atoms with E-state index in [4.69, 9.17) is 9.26 Å². The molecule has 0 saturated carbocycles. The minimum atomic E-state index is 0.227. The molecule has 1 aromatic carbocycles. The number of aryl methyl sites for hydroxylation is 1. The molecule has 20 heavy (non-hydrogen) atoms. The zero-order chi connectivity index (χ0) is 14.5. The number of rotatable bonds is 6. The summed E-state index contributed by atoms with van der Waals surface area (Å²) in [4.78, 5) is 4.29. The van der Waals surface area contributed by atoms with Gasteiger partial charge >= 0.3 is 0 Å². The fraction of sp³-hybridized carbons (Fsp3) is 0.467. The van der Waals surface area contributed by atoms with Crippen molar-refractivity contribution >= 4 is 5.69 Å². The Hall–Kier alpha value is -1.88. The number of nitrogens with zero attached hydrogens (tertiary/aromatic N) is 2. The third-order valence-corrected chi connectivity index (χ3v) is 3.18. The maximum atomic E-state index is 5.27. The monoisotopic (exact) mass is 275 g/mol. The van der Waals surface area contributed by atoms with Crippen LogP contribution in [0.5, 0.6) is 0 Å². The molecule has 1 atom stereocenters. The first-order valence-corrected chi connectivity index (χ1v) is 6.77. The lowest BCUT2D eigenvalue weighted by atomic mass is 10.0. The van der Waals surface area contributed by atoms with E-state index in [9.17, 15) is 0 Å². The average Bonchev–Trinajstić information content (AvgIpc) is 2.85. The molecule has 1 N–H and O–H groups in total. The van der Waals surface area contributed by atoms with Gasteiger partial charge < -0.3 is 14.6 Å². The summed E-state index contributed by atoms with van der Waals surface area (Å²) in [6.45, 7) is 6.78. The van der Waals surface area contributed by atoms with Gasteiger partial charge in [-0.2, -0.15) is 4.98 Å². The Labute approximate surface area is 119 Å². The van der Waals surface area contributed by atoms with Crippen LogP contribution in [-0.2, 0) is 4.74 Å². The lowest BCUT2D eigenvalue weighted by Gasteiger charge is -2.23. The lowest BCUT2D eigenvalue weighted by molar-refractivity contribution is 0.171. The second kappa shape index (κ2) is 6.52. The van der Waals surface area contributed by atoms with Crippen molar-refractivity contribution < 1.29 is 9.26 Å². The quantitative estimate of drug-likeness (QED) is 0.877. The Morgan fingerprint density at radius 3 is 2.65 bits per heavy atom. The molecule has 1 heterocycles. The van der Waals surface area contributed by atoms with Crippen molar-refractivity contribution in [3.63, 3.8) is 0 Å². The van der Waals surface area contributed by atoms with Crippen LogP contribution < -0.4 is 5.32 Å². The Balaban J connectivity index is 2.28. The van der Waals surface area contributed by atoms with Gasteiger partial charge in [-0.3, -0.25) is 0 Å². The first-order chi connectivity index (χ1) is 9.61. The van der Waals surface area contributed by atoms with E-state index in [1.54, 1.807) is 7.11 Å². The van der Waals surface area contributed by atoms with E-state index in [1.165, 1.54) is 0 Å². The van der Waals surface area contributed by atoms with Crippen LogP contribution >= 0.6 is 0 Å². The van der Waals surface area contributed by atoms with E-state index < -0.39 is 0 Å². The normalized spacial score (nSPS) is 12.7. The summed E-state index contributed by atoms with van der Waals surface area (Å²) in [5.41, 5.74) is 1.89. The first kappa shape index (κ1) is 14.5. The molecule has 0 fully saturated rings. The van der Waals surface area contributed by atoms with Crippen LogP contribution in [0.25, 0.3) is 11.5 Å². The summed E-state index contributed by atoms with van der Waals surface area (Å²) in [7, 11) is 1.71. The van der Waals surface area contributed by atoms with E-state index in [-0.39, 0.29) is 6.04 Å². The predicted octanol–water partition coefficient (Wildman–Crippen LogP) is 3.13. The molecule has 2 rings (SSSR count). The van der Waals surface area contributed by atoms with Crippen LogP contribution in [-0.4, -0.2) is 29.9 Å². The van der Waals surface area contributed by atoms with Gasteiger partial charge in [0.05, 0.1) is 18.2 Å². The van der Waals surface area contributed by atoms with E-state index in [0.29, 0.717) is 24.2 Å². The zero-order valence-corrected chi connectivity index (χ0v) is 12.4. The topological polar surface area (TPSA) is 60.2 Å². The Morgan fingerprint density at radius 2 is 2.05 bits per heavy atom. The smallest absolute Gasteiger partial charge is 0.260 e. The molecule has 0 saturated heterocycles. The number of hydrogen-bond donors (Lipinski definition) is 1. The van der Waals surface area contributed by atoms with Crippen LogP contribution in [0, 0.1) is 12.8 Å². The van der Waals surface area contributed by atoms with E-state index in [0.717, 1.165) is 11.3 Å². The molecule has 1 aromatic heterocycles. The number of aromatic nitrogens is 2. The summed E-state index contributed by atoms with van der Waals surface area (Å²) < 4.78 is 10.5. The van der Waals surface area contributed by atoms with Crippen molar-refractivity contribution in [2.24, 2.45) is 5.92 Å². The maximum Gasteiger partial charge on any atom is 0.260 e. The fourth-order valence-electron chi connectivity index (χ4n) is 1.98. The molecular formula is C15H21N3O2. The van der Waals surface area contributed by atoms with Crippen molar-refractivity contribution in [2.45, 2.75) is 26.8 Å². The van der Waals surface area contributed by atoms with Gasteiger partial charge in [-0.1, -0.05) is 31.1 Å². The Morgan fingerprint density at radius 1 is 1.30 bits per heavy atom. The summed E-state index contributed by atoms with van der Waals surface area (Å²) in [5.74, 6) is 1.62. The predicted molar refractivity (Wildman–Crippen MR) is 78.6 cm³/mol. The molecule has 0 aliphatic carbocycles. The highest BCUT2D eigenvalue weighted by Crippen LogP contribution is 2.27. The molecule has 0 radical (unpaired) electrons. The average molecular weight is 275 g/mol. The van der Waals surface area contributed by atoms with Gasteiger partial charge in [-0.15, -0.1) is 0 Å². The lowest BCUT2D eigenvalue weighted by Crippen LogP contribution is -2.30. The third-order valence-electron chi connectivity index (χ3n) is 3.18. The standard InChI is InChI=1S/C15H21N3O2/c1-10(2)14(9-19-4)17-13-8-6-5-7-12(13)15-16-11(3)18-20-15/h5-8,10,14,17H,9H2,1-4H3. The van der Waals surface area contributed by atoms with Crippen LogP contribution in [0.1, 0.15) is 19.7 Å². The number of ether oxygens (including phenoxy) is 1. The minimum Gasteiger partial charge on any atom is -0.383 e. The maximum absolute atomic E-state index is 5.27. The van der Waals surface area contributed by atoms with Gasteiger partial charge in [0.25, 0.3) is 5.89 Å². The summed E-state index contributed by atoms with van der Waals surface area (Å²) in [6.07, 6.45) is 0. The largest absolute Gasteiger partial charge is 0.383 e. The first-order valence-electron chi connectivity index (χ1n) is 6.77. The highest BCUT2D eigenvalue weighted by atomic mass is 16.5. The van der Waals surface area contributed by atoms with Gasteiger partial charge in [0.2, 0.25) is 0 Å². The third kappa shape index (κ3) is 3.36. The molecule has 5 nitrogen and oxygen atoms in total. The van der Waals surface area contributed by atoms with Gasteiger partial charge in [0, 0.05) is 12.8 Å². The zero-order valence-electron chi connectivity index (χ0n) is 12.4. The molecule has 0 aliphatic rings. The van der Waals surface area contributed by atoms with Gasteiger partial charge in [-0.25, -0.2) is 0 Å². The molecule has 5 heteroatoms. The second-order valence-electron chi connectivity index (χ2n) is 5.14.